The van der Waals surface area contributed by atoms with Crippen molar-refractivity contribution in [1.29, 1.82) is 0 Å². The number of hydrogen-bond acceptors (Lipinski definition) is 10. The molecule has 1 unspecified atom stereocenters. The smallest absolute Gasteiger partial charge is 0.272 e. The first-order valence-corrected chi connectivity index (χ1v) is 23.6. The van der Waals surface area contributed by atoms with Crippen molar-refractivity contribution in [1.82, 2.24) is 40.8 Å². The molecule has 0 bridgehead atoms. The molecule has 370 valence electrons. The van der Waals surface area contributed by atoms with Crippen LogP contribution in [0.5, 0.6) is 23.0 Å². The predicted molar refractivity (Wildman–Crippen MR) is 264 cm³/mol. The Morgan fingerprint density at radius 3 is 1.31 bits per heavy atom. The molecule has 2 heterocycles. The van der Waals surface area contributed by atoms with Gasteiger partial charge >= 0.3 is 0 Å². The van der Waals surface area contributed by atoms with Gasteiger partial charge in [-0.05, 0) is 93.7 Å². The SMILES string of the molecule is CCNC(=O)C[C@H](CC(C)C)NC(=O)c1cc(-c2c(OC)cccc2OC)n(C(C)C(C)C)n1.CCNC(=O)C[C@H](CC(C)C)NC(=O)c1cc(-c2c(OC)cccc2OC)n(CC(C)C)n1. The van der Waals surface area contributed by atoms with Gasteiger partial charge in [-0.25, -0.2) is 0 Å². The molecule has 67 heavy (non-hydrogen) atoms. The summed E-state index contributed by atoms with van der Waals surface area (Å²) in [5.41, 5.74) is 3.56. The fraction of sp³-hybridized carbons (Fsp3) is 0.569. The molecule has 2 aromatic heterocycles. The van der Waals surface area contributed by atoms with Gasteiger partial charge < -0.3 is 40.2 Å². The summed E-state index contributed by atoms with van der Waals surface area (Å²) >= 11 is 0. The Labute approximate surface area is 398 Å². The van der Waals surface area contributed by atoms with E-state index >= 15 is 0 Å². The number of carbonyl (C=O) groups excluding carboxylic acids is 4. The van der Waals surface area contributed by atoms with Crippen LogP contribution in [-0.2, 0) is 16.1 Å². The monoisotopic (exact) mass is 931 g/mol. The van der Waals surface area contributed by atoms with Crippen LogP contribution in [0, 0.1) is 23.7 Å². The summed E-state index contributed by atoms with van der Waals surface area (Å²) in [4.78, 5) is 50.8. The summed E-state index contributed by atoms with van der Waals surface area (Å²) in [6, 6.07) is 14.1. The van der Waals surface area contributed by atoms with Crippen LogP contribution in [0.4, 0.5) is 0 Å². The maximum absolute atomic E-state index is 13.3. The third-order valence-corrected chi connectivity index (χ3v) is 11.0. The van der Waals surface area contributed by atoms with Gasteiger partial charge in [-0.15, -0.1) is 0 Å². The zero-order chi connectivity index (χ0) is 50.0. The van der Waals surface area contributed by atoms with E-state index in [9.17, 15) is 19.2 Å². The molecule has 0 saturated carbocycles. The van der Waals surface area contributed by atoms with Crippen LogP contribution in [0.25, 0.3) is 22.5 Å². The van der Waals surface area contributed by atoms with Gasteiger partial charge in [-0.2, -0.15) is 10.2 Å². The highest BCUT2D eigenvalue weighted by Gasteiger charge is 2.28. The highest BCUT2D eigenvalue weighted by atomic mass is 16.5. The number of nitrogens with one attached hydrogen (secondary N) is 4. The van der Waals surface area contributed by atoms with Gasteiger partial charge in [0, 0.05) is 44.6 Å². The number of benzene rings is 2. The molecule has 4 rings (SSSR count). The molecule has 0 radical (unpaired) electrons. The molecule has 0 saturated heterocycles. The van der Waals surface area contributed by atoms with E-state index in [1.54, 1.807) is 40.6 Å². The Hall–Kier alpha value is -6.06. The lowest BCUT2D eigenvalue weighted by Crippen LogP contribution is -2.40. The van der Waals surface area contributed by atoms with E-state index in [0.29, 0.717) is 84.6 Å². The zero-order valence-electron chi connectivity index (χ0n) is 42.7. The van der Waals surface area contributed by atoms with Crippen molar-refractivity contribution < 1.29 is 38.1 Å². The average Bonchev–Trinajstić information content (AvgIpc) is 3.90. The van der Waals surface area contributed by atoms with Crippen molar-refractivity contribution in [2.45, 2.75) is 127 Å². The maximum Gasteiger partial charge on any atom is 0.272 e. The molecule has 4 aromatic rings. The molecule has 0 fully saturated rings. The molecule has 4 amide bonds. The molecular weight excluding hydrogens is 853 g/mol. The van der Waals surface area contributed by atoms with Crippen molar-refractivity contribution in [3.05, 3.63) is 59.9 Å². The summed E-state index contributed by atoms with van der Waals surface area (Å²) in [5, 5.41) is 21.0. The van der Waals surface area contributed by atoms with Crippen molar-refractivity contribution >= 4 is 23.6 Å². The molecule has 0 aliphatic rings. The van der Waals surface area contributed by atoms with Gasteiger partial charge in [-0.1, -0.05) is 67.5 Å². The summed E-state index contributed by atoms with van der Waals surface area (Å²) in [6.45, 7) is 24.3. The first-order chi connectivity index (χ1) is 31.8. The second-order valence-electron chi connectivity index (χ2n) is 18.3. The molecular formula is C51H78N8O8. The van der Waals surface area contributed by atoms with Crippen molar-refractivity contribution in [2.24, 2.45) is 23.7 Å². The van der Waals surface area contributed by atoms with Crippen molar-refractivity contribution in [3.63, 3.8) is 0 Å². The van der Waals surface area contributed by atoms with Crippen LogP contribution in [-0.4, -0.2) is 96.8 Å². The summed E-state index contributed by atoms with van der Waals surface area (Å²) in [5.74, 6) is 3.04. The Bertz CT molecular complexity index is 2170. The van der Waals surface area contributed by atoms with E-state index in [4.69, 9.17) is 24.0 Å². The van der Waals surface area contributed by atoms with Crippen LogP contribution in [0.15, 0.2) is 48.5 Å². The fourth-order valence-electron chi connectivity index (χ4n) is 7.74. The van der Waals surface area contributed by atoms with E-state index < -0.39 is 0 Å². The molecule has 3 atom stereocenters. The zero-order valence-corrected chi connectivity index (χ0v) is 42.7. The Morgan fingerprint density at radius 1 is 0.567 bits per heavy atom. The lowest BCUT2D eigenvalue weighted by Gasteiger charge is -2.21. The summed E-state index contributed by atoms with van der Waals surface area (Å²) < 4.78 is 26.1. The molecule has 4 N–H and O–H groups in total. The van der Waals surface area contributed by atoms with E-state index in [2.05, 4.69) is 88.7 Å². The topological polar surface area (TPSA) is 189 Å². The fourth-order valence-corrected chi connectivity index (χ4v) is 7.74. The van der Waals surface area contributed by atoms with Crippen LogP contribution in [0.1, 0.15) is 129 Å². The standard InChI is InChI=1S/C26H40N4O4.C25H38N4O4/c1-9-27-24(31)14-19(13-16(2)3)28-26(32)20-15-21(30(29-20)18(6)17(4)5)25-22(33-7)11-10-12-23(25)34-8;1-8-26-23(30)13-18(12-16(2)3)27-25(31)19-14-20(29(28-19)15-17(4)5)24-21(32-6)10-9-11-22(24)33-7/h10-12,15-19H,9,13-14H2,1-8H3,(H,27,31)(H,28,32);9-11,14,16-18H,8,12-13,15H2,1-7H3,(H,26,30)(H,27,31)/t18?,19-;18-/m00/s1. The number of ether oxygens (including phenoxy) is 4. The highest BCUT2D eigenvalue weighted by molar-refractivity contribution is 5.95. The summed E-state index contributed by atoms with van der Waals surface area (Å²) in [6.07, 6.45) is 1.85. The van der Waals surface area contributed by atoms with Gasteiger partial charge in [-0.3, -0.25) is 28.5 Å². The molecule has 0 aliphatic heterocycles. The van der Waals surface area contributed by atoms with Gasteiger partial charge in [0.1, 0.15) is 23.0 Å². The van der Waals surface area contributed by atoms with Crippen LogP contribution >= 0.6 is 0 Å². The molecule has 16 nitrogen and oxygen atoms in total. The van der Waals surface area contributed by atoms with Crippen molar-refractivity contribution in [2.75, 3.05) is 41.5 Å². The number of methoxy groups -OCH3 is 4. The maximum atomic E-state index is 13.3. The number of aromatic nitrogens is 4. The first-order valence-electron chi connectivity index (χ1n) is 23.6. The van der Waals surface area contributed by atoms with Crippen molar-refractivity contribution in [3.8, 4) is 45.5 Å². The number of amides is 4. The normalized spacial score (nSPS) is 12.5. The number of hydrogen-bond donors (Lipinski definition) is 4. The molecule has 16 heteroatoms. The Morgan fingerprint density at radius 2 is 0.955 bits per heavy atom. The third-order valence-electron chi connectivity index (χ3n) is 11.0. The summed E-state index contributed by atoms with van der Waals surface area (Å²) in [7, 11) is 6.42. The largest absolute Gasteiger partial charge is 0.496 e. The van der Waals surface area contributed by atoms with E-state index in [1.807, 2.05) is 59.6 Å². The van der Waals surface area contributed by atoms with Gasteiger partial charge in [0.05, 0.1) is 57.0 Å². The molecule has 0 aliphatic carbocycles. The highest BCUT2D eigenvalue weighted by Crippen LogP contribution is 2.41. The van der Waals surface area contributed by atoms with Gasteiger partial charge in [0.25, 0.3) is 11.8 Å². The minimum absolute atomic E-state index is 0.0213. The molecule has 2 aromatic carbocycles. The van der Waals surface area contributed by atoms with Gasteiger partial charge in [0.15, 0.2) is 11.4 Å². The average molecular weight is 931 g/mol. The molecule has 0 spiro atoms. The van der Waals surface area contributed by atoms with E-state index in [-0.39, 0.29) is 60.5 Å². The number of carbonyl (C=O) groups is 4. The minimum Gasteiger partial charge on any atom is -0.496 e. The minimum atomic E-state index is -0.306. The lowest BCUT2D eigenvalue weighted by atomic mass is 10.0. The van der Waals surface area contributed by atoms with E-state index in [0.717, 1.165) is 22.5 Å². The first kappa shape index (κ1) is 55.3. The van der Waals surface area contributed by atoms with Crippen LogP contribution < -0.4 is 40.2 Å². The Balaban J connectivity index is 0.000000355. The predicted octanol–water partition coefficient (Wildman–Crippen LogP) is 8.35. The third kappa shape index (κ3) is 16.1. The second-order valence-corrected chi connectivity index (χ2v) is 18.3. The lowest BCUT2D eigenvalue weighted by molar-refractivity contribution is -0.122. The van der Waals surface area contributed by atoms with Gasteiger partial charge in [0.2, 0.25) is 11.8 Å². The number of rotatable bonds is 24. The second kappa shape index (κ2) is 26.9. The quantitative estimate of drug-likeness (QED) is 0.0532. The van der Waals surface area contributed by atoms with E-state index in [1.165, 1.54) is 0 Å². The Kier molecular flexibility index (Phi) is 22.2. The van der Waals surface area contributed by atoms with Crippen LogP contribution in [0.3, 0.4) is 0 Å². The number of nitrogens with zero attached hydrogens (tertiary/aromatic N) is 4. The van der Waals surface area contributed by atoms with Crippen LogP contribution in [0.2, 0.25) is 0 Å².